The molecule has 1 unspecified atom stereocenters. The van der Waals surface area contributed by atoms with Crippen molar-refractivity contribution in [3.05, 3.63) is 70.6 Å². The number of carbonyl (C=O) groups is 4. The number of fused-ring (bicyclic) bond motifs is 2. The number of nitrogen functional groups attached to an aromatic ring is 1. The number of carboxylic acids is 1. The zero-order valence-corrected chi connectivity index (χ0v) is 26.8. The first kappa shape index (κ1) is 31.9. The molecule has 2 aliphatic rings. The van der Waals surface area contributed by atoms with E-state index >= 15 is 0 Å². The van der Waals surface area contributed by atoms with Gasteiger partial charge >= 0.3 is 5.97 Å². The lowest BCUT2D eigenvalue weighted by Gasteiger charge is -2.44. The van der Waals surface area contributed by atoms with E-state index in [-0.39, 0.29) is 44.1 Å². The number of furan rings is 1. The Balaban J connectivity index is 0.000000175. The van der Waals surface area contributed by atoms with E-state index in [1.54, 1.807) is 17.5 Å². The van der Waals surface area contributed by atoms with Gasteiger partial charge in [-0.15, -0.1) is 22.7 Å². The molecule has 0 bridgehead atoms. The number of rotatable bonds is 8. The largest absolute Gasteiger partial charge is 0.478 e. The number of carboxylic acid groups (broad SMARTS) is 1. The predicted molar refractivity (Wildman–Crippen MR) is 173 cm³/mol. The molecule has 3 aromatic heterocycles. The summed E-state index contributed by atoms with van der Waals surface area (Å²) in [7, 11) is 1.38. The summed E-state index contributed by atoms with van der Waals surface area (Å²) in [5.74, 6) is -1.03. The van der Waals surface area contributed by atoms with Crippen LogP contribution in [-0.4, -0.2) is 72.7 Å². The maximum atomic E-state index is 12.4. The Labute approximate surface area is 270 Å². The van der Waals surface area contributed by atoms with E-state index in [2.05, 4.69) is 15.1 Å². The number of anilines is 1. The predicted octanol–water partition coefficient (Wildman–Crippen LogP) is 4.18. The third-order valence-corrected chi connectivity index (χ3v) is 11.5. The van der Waals surface area contributed by atoms with Crippen molar-refractivity contribution in [2.45, 2.75) is 15.6 Å². The van der Waals surface area contributed by atoms with Crippen LogP contribution in [0.3, 0.4) is 0 Å². The van der Waals surface area contributed by atoms with Gasteiger partial charge in [0.25, 0.3) is 5.12 Å². The van der Waals surface area contributed by atoms with E-state index in [1.165, 1.54) is 47.8 Å². The molecule has 12 nitrogen and oxygen atoms in total. The number of ketones is 1. The number of benzene rings is 1. The molecule has 3 atom stereocenters. The second-order valence-corrected chi connectivity index (χ2v) is 14.3. The molecule has 1 aliphatic carbocycles. The average molecular weight is 690 g/mol. The Kier molecular flexibility index (Phi) is 10.2. The molecule has 1 aliphatic heterocycles. The van der Waals surface area contributed by atoms with E-state index in [9.17, 15) is 24.3 Å². The highest BCUT2D eigenvalue weighted by Crippen LogP contribution is 2.45. The van der Waals surface area contributed by atoms with Crippen LogP contribution < -0.4 is 11.5 Å². The lowest BCUT2D eigenvalue weighted by atomic mass is 9.72. The lowest BCUT2D eigenvalue weighted by molar-refractivity contribution is -0.138. The van der Waals surface area contributed by atoms with Gasteiger partial charge in [-0.1, -0.05) is 29.1 Å². The summed E-state index contributed by atoms with van der Waals surface area (Å²) in [4.78, 5) is 60.9. The number of nitrogens with zero attached hydrogens (tertiary/aromatic N) is 3. The highest BCUT2D eigenvalue weighted by atomic mass is 32.2. The molecule has 228 valence electrons. The fourth-order valence-electron chi connectivity index (χ4n) is 4.34. The summed E-state index contributed by atoms with van der Waals surface area (Å²) in [6.45, 7) is 0. The van der Waals surface area contributed by atoms with Gasteiger partial charge in [0.2, 0.25) is 5.12 Å². The van der Waals surface area contributed by atoms with Gasteiger partial charge in [-0.05, 0) is 41.6 Å². The summed E-state index contributed by atoms with van der Waals surface area (Å²) in [5.41, 5.74) is 13.4. The van der Waals surface area contributed by atoms with Gasteiger partial charge in [-0.2, -0.15) is 11.8 Å². The quantitative estimate of drug-likeness (QED) is 0.135. The molecule has 1 fully saturated rings. The van der Waals surface area contributed by atoms with Crippen LogP contribution in [0.2, 0.25) is 0 Å². The Bertz CT molecular complexity index is 1750. The Hall–Kier alpha value is -3.48. The first-order chi connectivity index (χ1) is 21.2. The van der Waals surface area contributed by atoms with Crippen molar-refractivity contribution in [1.29, 1.82) is 0 Å². The van der Waals surface area contributed by atoms with Crippen molar-refractivity contribution in [3.8, 4) is 0 Å². The summed E-state index contributed by atoms with van der Waals surface area (Å²) in [6, 6.07) is 10.3. The summed E-state index contributed by atoms with van der Waals surface area (Å²) in [5, 5.41) is 14.5. The molecule has 5 N–H and O–H groups in total. The summed E-state index contributed by atoms with van der Waals surface area (Å²) >= 11 is 6.17. The molecule has 6 rings (SSSR count). The molecule has 1 saturated carbocycles. The molecule has 4 heterocycles. The first-order valence-corrected chi connectivity index (χ1v) is 17.2. The molecule has 1 aromatic carbocycles. The number of aromatic nitrogens is 2. The van der Waals surface area contributed by atoms with E-state index < -0.39 is 17.9 Å². The molecular weight excluding hydrogens is 667 g/mol. The van der Waals surface area contributed by atoms with Crippen LogP contribution >= 0.6 is 58.0 Å². The number of aliphatic carboxylic acids is 1. The number of para-hydroxylation sites is 1. The zero-order chi connectivity index (χ0) is 31.4. The number of Topliss-reactive ketones (excluding diaryl/α,β-unsaturated/α-hetero) is 1. The Morgan fingerprint density at radius 2 is 2.00 bits per heavy atom. The second kappa shape index (κ2) is 14.1. The molecule has 4 aromatic rings. The highest BCUT2D eigenvalue weighted by Gasteiger charge is 2.54. The summed E-state index contributed by atoms with van der Waals surface area (Å²) in [6.07, 6.45) is 1.41. The SMILES string of the molecule is CO/N=C(\C(=O)Sc1nc2ccccc2s1)c1csc(N)n1.N[C@@H]1C(=O)C2C(C(=O)O)=C(CSC(=O)c3ccco3)CS[C@@H]21. The number of thioether (sulfide) groups is 3. The van der Waals surface area contributed by atoms with Crippen molar-refractivity contribution < 1.29 is 33.5 Å². The Morgan fingerprint density at radius 1 is 1.20 bits per heavy atom. The van der Waals surface area contributed by atoms with Gasteiger partial charge in [0.15, 0.2) is 26.7 Å². The van der Waals surface area contributed by atoms with E-state index in [4.69, 9.17) is 20.7 Å². The first-order valence-electron chi connectivity index (χ1n) is 12.6. The summed E-state index contributed by atoms with van der Waals surface area (Å²) < 4.78 is 6.69. The van der Waals surface area contributed by atoms with E-state index in [1.807, 2.05) is 24.3 Å². The molecule has 0 radical (unpaired) electrons. The van der Waals surface area contributed by atoms with Gasteiger partial charge in [-0.3, -0.25) is 14.4 Å². The topological polar surface area (TPSA) is 201 Å². The van der Waals surface area contributed by atoms with Crippen LogP contribution in [0.15, 0.2) is 73.1 Å². The van der Waals surface area contributed by atoms with Gasteiger partial charge in [-0.25, -0.2) is 14.8 Å². The lowest BCUT2D eigenvalue weighted by Crippen LogP contribution is -2.62. The standard InChI is InChI=1S/C14H13NO5S2.C13H10N4O2S3/c15-10-11(16)9-8(13(17)18)6(4-21-12(9)10)5-22-14(19)7-2-1-3-20-7;1-19-17-10(8-6-20-12(14)15-8)11(18)22-13-16-7-4-2-3-5-9(7)21-13/h1-3,9-10,12H,4-5,15H2,(H,17,18);2-6H,1H3,(H2,14,15)/b;17-10-/t9?,10-,12+;/m1./s1. The monoisotopic (exact) mass is 689 g/mol. The van der Waals surface area contributed by atoms with Crippen LogP contribution in [0.1, 0.15) is 16.2 Å². The average Bonchev–Trinajstić information content (AvgIpc) is 3.79. The number of carbonyl (C=O) groups excluding carboxylic acids is 3. The number of hydrogen-bond donors (Lipinski definition) is 3. The minimum absolute atomic E-state index is 0.121. The zero-order valence-electron chi connectivity index (χ0n) is 22.7. The minimum atomic E-state index is -1.10. The van der Waals surface area contributed by atoms with Crippen LogP contribution in [-0.2, 0) is 19.2 Å². The number of nitrogens with two attached hydrogens (primary N) is 2. The highest BCUT2D eigenvalue weighted by molar-refractivity contribution is 8.16. The van der Waals surface area contributed by atoms with E-state index in [0.29, 0.717) is 26.5 Å². The van der Waals surface area contributed by atoms with Gasteiger partial charge in [0, 0.05) is 27.7 Å². The van der Waals surface area contributed by atoms with Crippen molar-refractivity contribution in [2.24, 2.45) is 16.8 Å². The van der Waals surface area contributed by atoms with Crippen molar-refractivity contribution in [2.75, 3.05) is 24.3 Å². The molecule has 0 saturated heterocycles. The van der Waals surface area contributed by atoms with Gasteiger partial charge in [0.1, 0.15) is 12.8 Å². The van der Waals surface area contributed by atoms with Crippen LogP contribution in [0.25, 0.3) is 10.2 Å². The maximum absolute atomic E-state index is 12.4. The smallest absolute Gasteiger partial charge is 0.332 e. The van der Waals surface area contributed by atoms with Crippen molar-refractivity contribution in [3.63, 3.8) is 0 Å². The van der Waals surface area contributed by atoms with E-state index in [0.717, 1.165) is 33.7 Å². The number of oxime groups is 1. The van der Waals surface area contributed by atoms with Crippen LogP contribution in [0, 0.1) is 5.92 Å². The van der Waals surface area contributed by atoms with Crippen LogP contribution in [0.4, 0.5) is 5.13 Å². The second-order valence-electron chi connectivity index (χ2n) is 9.09. The van der Waals surface area contributed by atoms with Crippen molar-refractivity contribution >= 4 is 101 Å². The third-order valence-electron chi connectivity index (χ3n) is 6.38. The molecular formula is C27H23N5O7S5. The maximum Gasteiger partial charge on any atom is 0.332 e. The normalized spacial score (nSPS) is 19.5. The number of thiazole rings is 2. The van der Waals surface area contributed by atoms with Crippen molar-refractivity contribution in [1.82, 2.24) is 9.97 Å². The van der Waals surface area contributed by atoms with Gasteiger partial charge < -0.3 is 25.8 Å². The molecule has 44 heavy (non-hydrogen) atoms. The fourth-order valence-corrected chi connectivity index (χ4v) is 9.20. The van der Waals surface area contributed by atoms with Gasteiger partial charge in [0.05, 0.1) is 28.4 Å². The molecule has 0 amide bonds. The molecule has 17 heteroatoms. The minimum Gasteiger partial charge on any atom is -0.478 e. The molecule has 0 spiro atoms. The Morgan fingerprint density at radius 3 is 2.66 bits per heavy atom. The third kappa shape index (κ3) is 6.92. The fraction of sp³-hybridized carbons (Fsp3) is 0.222. The van der Waals surface area contributed by atoms with Crippen LogP contribution in [0.5, 0.6) is 0 Å². The number of hydrogen-bond acceptors (Lipinski definition) is 16.